The Bertz CT molecular complexity index is 668. The molecule has 2 aliphatic rings. The van der Waals surface area contributed by atoms with E-state index < -0.39 is 10.0 Å². The van der Waals surface area contributed by atoms with Crippen molar-refractivity contribution in [1.29, 1.82) is 0 Å². The second kappa shape index (κ2) is 9.22. The molecule has 1 saturated heterocycles. The molecule has 3 rings (SSSR count). The van der Waals surface area contributed by atoms with Crippen LogP contribution in [-0.4, -0.2) is 44.6 Å². The molecular weight excluding hydrogens is 336 g/mol. The molecule has 0 radical (unpaired) electrons. The zero-order chi connectivity index (χ0) is 18.3. The van der Waals surface area contributed by atoms with E-state index in [1.165, 1.54) is 0 Å². The normalized spacial score (nSPS) is 21.5. The summed E-state index contributed by atoms with van der Waals surface area (Å²) in [7, 11) is -3.30. The van der Waals surface area contributed by atoms with Gasteiger partial charge in [-0.2, -0.15) is 0 Å². The van der Waals surface area contributed by atoms with Crippen molar-refractivity contribution in [2.24, 2.45) is 4.40 Å². The third-order valence-corrected chi connectivity index (χ3v) is 5.62. The maximum Gasteiger partial charge on any atom is 0.256 e. The van der Waals surface area contributed by atoms with Crippen molar-refractivity contribution in [3.05, 3.63) is 29.8 Å². The van der Waals surface area contributed by atoms with Crippen LogP contribution < -0.4 is 4.74 Å². The maximum atomic E-state index is 11.8. The van der Waals surface area contributed by atoms with Gasteiger partial charge in [0.1, 0.15) is 11.6 Å². The van der Waals surface area contributed by atoms with Crippen molar-refractivity contribution < 1.29 is 13.2 Å². The van der Waals surface area contributed by atoms with Gasteiger partial charge >= 0.3 is 0 Å². The van der Waals surface area contributed by atoms with E-state index in [4.69, 9.17) is 4.74 Å². The Morgan fingerprint density at radius 2 is 1.92 bits per heavy atom. The Kier molecular flexibility index (Phi) is 7.29. The molecule has 1 unspecified atom stereocenters. The van der Waals surface area contributed by atoms with Crippen LogP contribution >= 0.6 is 0 Å². The predicted octanol–water partition coefficient (Wildman–Crippen LogP) is 3.81. The van der Waals surface area contributed by atoms with Crippen molar-refractivity contribution in [2.75, 3.05) is 25.4 Å². The SMILES string of the molecule is CC.CCCCOc1ccc(C2CCCN3CCS(=O)(=O)N=C23)cc1. The number of hydrogen-bond acceptors (Lipinski definition) is 4. The van der Waals surface area contributed by atoms with E-state index in [9.17, 15) is 8.42 Å². The topological polar surface area (TPSA) is 59.0 Å². The summed E-state index contributed by atoms with van der Waals surface area (Å²) in [4.78, 5) is 2.13. The minimum Gasteiger partial charge on any atom is -0.494 e. The van der Waals surface area contributed by atoms with Crippen LogP contribution in [0.15, 0.2) is 28.7 Å². The summed E-state index contributed by atoms with van der Waals surface area (Å²) in [5, 5.41) is 0. The van der Waals surface area contributed by atoms with Crippen molar-refractivity contribution in [3.63, 3.8) is 0 Å². The number of sulfonamides is 1. The fraction of sp³-hybridized carbons (Fsp3) is 0.632. The summed E-state index contributed by atoms with van der Waals surface area (Å²) < 4.78 is 33.5. The molecule has 0 aromatic heterocycles. The lowest BCUT2D eigenvalue weighted by Crippen LogP contribution is -2.46. The van der Waals surface area contributed by atoms with Crippen LogP contribution in [0.2, 0.25) is 0 Å². The van der Waals surface area contributed by atoms with Gasteiger partial charge in [0, 0.05) is 19.0 Å². The lowest BCUT2D eigenvalue weighted by molar-refractivity contribution is 0.309. The lowest BCUT2D eigenvalue weighted by Gasteiger charge is -2.37. The van der Waals surface area contributed by atoms with Crippen LogP contribution in [0, 0.1) is 0 Å². The van der Waals surface area contributed by atoms with Gasteiger partial charge in [0.15, 0.2) is 0 Å². The summed E-state index contributed by atoms with van der Waals surface area (Å²) in [5.41, 5.74) is 1.12. The third-order valence-electron chi connectivity index (χ3n) is 4.46. The standard InChI is InChI=1S/C17H24N2O3S.C2H6/c1-2-3-12-22-15-8-6-14(7-9-15)16-5-4-10-19-11-13-23(20,21)18-17(16)19;1-2/h6-9,16H,2-5,10-13H2,1H3;1-2H3. The van der Waals surface area contributed by atoms with E-state index in [2.05, 4.69) is 16.2 Å². The number of nitrogens with zero attached hydrogens (tertiary/aromatic N) is 2. The number of fused-ring (bicyclic) bond motifs is 1. The van der Waals surface area contributed by atoms with E-state index in [1.807, 2.05) is 38.1 Å². The molecule has 1 fully saturated rings. The molecule has 0 saturated carbocycles. The highest BCUT2D eigenvalue weighted by Gasteiger charge is 2.33. The van der Waals surface area contributed by atoms with Gasteiger partial charge in [-0.1, -0.05) is 39.3 Å². The lowest BCUT2D eigenvalue weighted by atomic mass is 9.89. The molecular formula is C19H30N2O3S. The van der Waals surface area contributed by atoms with Crippen LogP contribution in [0.25, 0.3) is 0 Å². The molecule has 0 N–H and O–H groups in total. The molecule has 1 aromatic carbocycles. The van der Waals surface area contributed by atoms with Gasteiger partial charge in [-0.3, -0.25) is 0 Å². The Morgan fingerprint density at radius 3 is 2.60 bits per heavy atom. The van der Waals surface area contributed by atoms with Gasteiger partial charge in [0.2, 0.25) is 0 Å². The summed E-state index contributed by atoms with van der Waals surface area (Å²) in [6.45, 7) is 8.34. The second-order valence-electron chi connectivity index (χ2n) is 6.19. The molecule has 1 atom stereocenters. The molecule has 5 nitrogen and oxygen atoms in total. The number of rotatable bonds is 5. The average Bonchev–Trinajstić information content (AvgIpc) is 2.63. The monoisotopic (exact) mass is 366 g/mol. The van der Waals surface area contributed by atoms with E-state index in [1.54, 1.807) is 0 Å². The average molecular weight is 367 g/mol. The molecule has 0 spiro atoms. The molecule has 140 valence electrons. The Balaban J connectivity index is 0.00000109. The molecule has 0 aliphatic carbocycles. The Hall–Kier alpha value is -1.56. The summed E-state index contributed by atoms with van der Waals surface area (Å²) in [6, 6.07) is 8.03. The fourth-order valence-corrected chi connectivity index (χ4v) is 4.23. The summed E-state index contributed by atoms with van der Waals surface area (Å²) >= 11 is 0. The van der Waals surface area contributed by atoms with Gasteiger partial charge in [0.05, 0.1) is 12.4 Å². The minimum atomic E-state index is -3.30. The van der Waals surface area contributed by atoms with Gasteiger partial charge in [-0.15, -0.1) is 4.40 Å². The van der Waals surface area contributed by atoms with E-state index >= 15 is 0 Å². The highest BCUT2D eigenvalue weighted by molar-refractivity contribution is 7.90. The first-order valence-corrected chi connectivity index (χ1v) is 11.0. The maximum absolute atomic E-state index is 11.8. The zero-order valence-electron chi connectivity index (χ0n) is 15.6. The van der Waals surface area contributed by atoms with Gasteiger partial charge in [-0.25, -0.2) is 8.42 Å². The fourth-order valence-electron chi connectivity index (χ4n) is 3.16. The van der Waals surface area contributed by atoms with Crippen LogP contribution in [0.1, 0.15) is 57.9 Å². The smallest absolute Gasteiger partial charge is 0.256 e. The molecule has 0 amide bonds. The van der Waals surface area contributed by atoms with Crippen LogP contribution in [0.5, 0.6) is 5.75 Å². The third kappa shape index (κ3) is 5.21. The van der Waals surface area contributed by atoms with Crippen LogP contribution in [-0.2, 0) is 10.0 Å². The van der Waals surface area contributed by atoms with Crippen LogP contribution in [0.4, 0.5) is 0 Å². The van der Waals surface area contributed by atoms with E-state index in [-0.39, 0.29) is 11.7 Å². The minimum absolute atomic E-state index is 0.0727. The van der Waals surface area contributed by atoms with Crippen molar-refractivity contribution >= 4 is 15.9 Å². The number of unbranched alkanes of at least 4 members (excludes halogenated alkanes) is 1. The largest absolute Gasteiger partial charge is 0.494 e. The number of ether oxygens (including phenoxy) is 1. The molecule has 2 aliphatic heterocycles. The van der Waals surface area contributed by atoms with Gasteiger partial charge in [-0.05, 0) is 37.0 Å². The summed E-state index contributed by atoms with van der Waals surface area (Å²) in [5.74, 6) is 1.80. The predicted molar refractivity (Wildman–Crippen MR) is 103 cm³/mol. The molecule has 25 heavy (non-hydrogen) atoms. The number of benzene rings is 1. The Labute approximate surface area is 152 Å². The van der Waals surface area contributed by atoms with Crippen LogP contribution in [0.3, 0.4) is 0 Å². The first kappa shape index (κ1) is 19.8. The van der Waals surface area contributed by atoms with Crippen molar-refractivity contribution in [3.8, 4) is 5.75 Å². The van der Waals surface area contributed by atoms with E-state index in [0.717, 1.165) is 56.0 Å². The first-order chi connectivity index (χ1) is 12.1. The van der Waals surface area contributed by atoms with Crippen molar-refractivity contribution in [2.45, 2.75) is 52.4 Å². The molecule has 2 heterocycles. The molecule has 6 heteroatoms. The molecule has 1 aromatic rings. The zero-order valence-corrected chi connectivity index (χ0v) is 16.4. The highest BCUT2D eigenvalue weighted by atomic mass is 32.2. The number of piperidine rings is 1. The van der Waals surface area contributed by atoms with Crippen molar-refractivity contribution in [1.82, 2.24) is 4.90 Å². The first-order valence-electron chi connectivity index (χ1n) is 9.39. The van der Waals surface area contributed by atoms with Gasteiger partial charge < -0.3 is 9.64 Å². The summed E-state index contributed by atoms with van der Waals surface area (Å²) in [6.07, 6.45) is 4.18. The number of amidine groups is 1. The van der Waals surface area contributed by atoms with E-state index in [0.29, 0.717) is 6.54 Å². The number of hydrogen-bond donors (Lipinski definition) is 0. The highest BCUT2D eigenvalue weighted by Crippen LogP contribution is 2.32. The second-order valence-corrected chi connectivity index (χ2v) is 7.94. The quantitative estimate of drug-likeness (QED) is 0.744. The molecule has 0 bridgehead atoms. The Morgan fingerprint density at radius 1 is 1.20 bits per heavy atom. The van der Waals surface area contributed by atoms with Gasteiger partial charge in [0.25, 0.3) is 10.0 Å².